The predicted octanol–water partition coefficient (Wildman–Crippen LogP) is 2.41. The molecule has 0 aliphatic rings. The topological polar surface area (TPSA) is 51.8 Å². The summed E-state index contributed by atoms with van der Waals surface area (Å²) in [7, 11) is 0. The molecule has 0 atom stereocenters. The lowest BCUT2D eigenvalue weighted by atomic mass is 10.1. The third kappa shape index (κ3) is 3.02. The van der Waals surface area contributed by atoms with Crippen molar-refractivity contribution in [3.63, 3.8) is 0 Å². The van der Waals surface area contributed by atoms with E-state index in [1.165, 1.54) is 30.7 Å². The molecule has 2 aromatic rings. The van der Waals surface area contributed by atoms with E-state index in [4.69, 9.17) is 5.73 Å². The van der Waals surface area contributed by atoms with Crippen molar-refractivity contribution < 1.29 is 8.78 Å². The Balaban J connectivity index is 2.28. The Hall–Kier alpha value is -1.53. The fourth-order valence-electron chi connectivity index (χ4n) is 1.46. The molecule has 2 N–H and O–H groups in total. The molecule has 0 saturated heterocycles. The van der Waals surface area contributed by atoms with Gasteiger partial charge in [0.05, 0.1) is 11.1 Å². The van der Waals surface area contributed by atoms with Gasteiger partial charge in [0.25, 0.3) is 0 Å². The number of nitrogens with zero attached hydrogens (tertiary/aromatic N) is 2. The number of halogens is 2. The van der Waals surface area contributed by atoms with Gasteiger partial charge in [-0.25, -0.2) is 13.8 Å². The van der Waals surface area contributed by atoms with Crippen LogP contribution in [-0.2, 0) is 6.42 Å². The first-order valence-electron chi connectivity index (χ1n) is 5.32. The maximum Gasteiger partial charge on any atom is 0.140 e. The van der Waals surface area contributed by atoms with Gasteiger partial charge in [-0.2, -0.15) is 0 Å². The Kier molecular flexibility index (Phi) is 4.22. The molecule has 0 unspecified atom stereocenters. The lowest BCUT2D eigenvalue weighted by Gasteiger charge is -2.06. The first-order valence-corrected chi connectivity index (χ1v) is 6.14. The van der Waals surface area contributed by atoms with Gasteiger partial charge in [0.2, 0.25) is 0 Å². The standard InChI is InChI=1S/C12H11F2N3S/c13-9-5-8(1-2-15)6-10(14)12(9)18-11-7-16-3-4-17-11/h3-7H,1-2,15H2. The summed E-state index contributed by atoms with van der Waals surface area (Å²) in [6.45, 7) is 0.357. The molecule has 2 rings (SSSR count). The van der Waals surface area contributed by atoms with Crippen LogP contribution in [0.5, 0.6) is 0 Å². The number of benzene rings is 1. The van der Waals surface area contributed by atoms with E-state index in [1.807, 2.05) is 0 Å². The Morgan fingerprint density at radius 3 is 2.44 bits per heavy atom. The van der Waals surface area contributed by atoms with Crippen molar-refractivity contribution in [2.45, 2.75) is 16.3 Å². The molecule has 18 heavy (non-hydrogen) atoms. The van der Waals surface area contributed by atoms with Gasteiger partial charge in [0.1, 0.15) is 16.7 Å². The van der Waals surface area contributed by atoms with Crippen molar-refractivity contribution in [1.82, 2.24) is 9.97 Å². The van der Waals surface area contributed by atoms with Crippen molar-refractivity contribution in [1.29, 1.82) is 0 Å². The molecule has 0 fully saturated rings. The van der Waals surface area contributed by atoms with Crippen LogP contribution >= 0.6 is 11.8 Å². The summed E-state index contributed by atoms with van der Waals surface area (Å²) in [6, 6.07) is 2.60. The van der Waals surface area contributed by atoms with Crippen molar-refractivity contribution in [3.05, 3.63) is 47.9 Å². The smallest absolute Gasteiger partial charge is 0.140 e. The molecular formula is C12H11F2N3S. The van der Waals surface area contributed by atoms with E-state index in [0.29, 0.717) is 23.6 Å². The SMILES string of the molecule is NCCc1cc(F)c(Sc2cnccn2)c(F)c1. The van der Waals surface area contributed by atoms with Crippen molar-refractivity contribution in [3.8, 4) is 0 Å². The molecule has 6 heteroatoms. The minimum atomic E-state index is -0.603. The highest BCUT2D eigenvalue weighted by Gasteiger charge is 2.13. The molecule has 0 spiro atoms. The van der Waals surface area contributed by atoms with E-state index < -0.39 is 11.6 Å². The van der Waals surface area contributed by atoms with Crippen LogP contribution < -0.4 is 5.73 Å². The summed E-state index contributed by atoms with van der Waals surface area (Å²) in [6.07, 6.45) is 4.88. The van der Waals surface area contributed by atoms with Crippen LogP contribution in [0.1, 0.15) is 5.56 Å². The predicted molar refractivity (Wildman–Crippen MR) is 65.3 cm³/mol. The van der Waals surface area contributed by atoms with Crippen LogP contribution in [0.15, 0.2) is 40.6 Å². The molecule has 1 aromatic heterocycles. The average Bonchev–Trinajstić information content (AvgIpc) is 2.36. The first-order chi connectivity index (χ1) is 8.70. The minimum absolute atomic E-state index is 0.0729. The Morgan fingerprint density at radius 2 is 1.89 bits per heavy atom. The second-order valence-corrected chi connectivity index (χ2v) is 4.60. The van der Waals surface area contributed by atoms with Gasteiger partial charge in [0, 0.05) is 12.4 Å². The van der Waals surface area contributed by atoms with Crippen LogP contribution in [0.4, 0.5) is 8.78 Å². The number of aromatic nitrogens is 2. The average molecular weight is 267 g/mol. The van der Waals surface area contributed by atoms with E-state index in [-0.39, 0.29) is 4.90 Å². The molecular weight excluding hydrogens is 256 g/mol. The number of hydrogen-bond acceptors (Lipinski definition) is 4. The van der Waals surface area contributed by atoms with Gasteiger partial charge in [-0.1, -0.05) is 11.8 Å². The second kappa shape index (κ2) is 5.88. The number of hydrogen-bond donors (Lipinski definition) is 1. The highest BCUT2D eigenvalue weighted by Crippen LogP contribution is 2.31. The zero-order valence-electron chi connectivity index (χ0n) is 9.44. The molecule has 0 radical (unpaired) electrons. The molecule has 1 heterocycles. The van der Waals surface area contributed by atoms with Crippen LogP contribution in [-0.4, -0.2) is 16.5 Å². The van der Waals surface area contributed by atoms with Gasteiger partial charge < -0.3 is 5.73 Å². The van der Waals surface area contributed by atoms with Gasteiger partial charge >= 0.3 is 0 Å². The summed E-state index contributed by atoms with van der Waals surface area (Å²) >= 11 is 0.913. The molecule has 0 bridgehead atoms. The van der Waals surface area contributed by atoms with Crippen molar-refractivity contribution >= 4 is 11.8 Å². The summed E-state index contributed by atoms with van der Waals surface area (Å²) in [5.41, 5.74) is 5.91. The fourth-order valence-corrected chi connectivity index (χ4v) is 2.21. The normalized spacial score (nSPS) is 10.6. The van der Waals surface area contributed by atoms with E-state index in [0.717, 1.165) is 11.8 Å². The molecule has 0 amide bonds. The van der Waals surface area contributed by atoms with Gasteiger partial charge in [0.15, 0.2) is 0 Å². The lowest BCUT2D eigenvalue weighted by Crippen LogP contribution is -2.04. The van der Waals surface area contributed by atoms with Gasteiger partial charge in [-0.15, -0.1) is 0 Å². The van der Waals surface area contributed by atoms with E-state index >= 15 is 0 Å². The third-order valence-electron chi connectivity index (χ3n) is 2.24. The lowest BCUT2D eigenvalue weighted by molar-refractivity contribution is 0.537. The monoisotopic (exact) mass is 267 g/mol. The van der Waals surface area contributed by atoms with Gasteiger partial charge in [-0.05, 0) is 30.7 Å². The zero-order chi connectivity index (χ0) is 13.0. The second-order valence-electron chi connectivity index (χ2n) is 3.57. The maximum absolute atomic E-state index is 13.8. The van der Waals surface area contributed by atoms with Crippen molar-refractivity contribution in [2.75, 3.05) is 6.54 Å². The Labute approximate surface area is 107 Å². The van der Waals surface area contributed by atoms with Crippen LogP contribution in [0, 0.1) is 11.6 Å². The quantitative estimate of drug-likeness (QED) is 0.924. The summed E-state index contributed by atoms with van der Waals surface area (Å²) < 4.78 is 27.5. The van der Waals surface area contributed by atoms with Crippen LogP contribution in [0.2, 0.25) is 0 Å². The zero-order valence-corrected chi connectivity index (χ0v) is 10.3. The Bertz CT molecular complexity index is 511. The molecule has 0 aliphatic heterocycles. The highest BCUT2D eigenvalue weighted by atomic mass is 32.2. The Morgan fingerprint density at radius 1 is 1.17 bits per heavy atom. The number of rotatable bonds is 4. The molecule has 94 valence electrons. The molecule has 0 aliphatic carbocycles. The van der Waals surface area contributed by atoms with E-state index in [9.17, 15) is 8.78 Å². The van der Waals surface area contributed by atoms with E-state index in [1.54, 1.807) is 0 Å². The third-order valence-corrected chi connectivity index (χ3v) is 3.25. The fraction of sp³-hybridized carbons (Fsp3) is 0.167. The molecule has 1 aromatic carbocycles. The molecule has 3 nitrogen and oxygen atoms in total. The van der Waals surface area contributed by atoms with Crippen LogP contribution in [0.25, 0.3) is 0 Å². The summed E-state index contributed by atoms with van der Waals surface area (Å²) in [4.78, 5) is 7.73. The largest absolute Gasteiger partial charge is 0.330 e. The van der Waals surface area contributed by atoms with Crippen LogP contribution in [0.3, 0.4) is 0 Å². The summed E-state index contributed by atoms with van der Waals surface area (Å²) in [5, 5.41) is 0.446. The van der Waals surface area contributed by atoms with Gasteiger partial charge in [-0.3, -0.25) is 4.98 Å². The van der Waals surface area contributed by atoms with Crippen molar-refractivity contribution in [2.24, 2.45) is 5.73 Å². The summed E-state index contributed by atoms with van der Waals surface area (Å²) in [5.74, 6) is -1.21. The minimum Gasteiger partial charge on any atom is -0.330 e. The maximum atomic E-state index is 13.8. The molecule has 0 saturated carbocycles. The highest BCUT2D eigenvalue weighted by molar-refractivity contribution is 7.99. The number of nitrogens with two attached hydrogens (primary N) is 1. The first kappa shape index (κ1) is 12.9. The van der Waals surface area contributed by atoms with E-state index in [2.05, 4.69) is 9.97 Å².